The number of esters is 1. The zero-order valence-electron chi connectivity index (χ0n) is 15.5. The Kier molecular flexibility index (Phi) is 4.78. The van der Waals surface area contributed by atoms with Crippen molar-refractivity contribution in [2.24, 2.45) is 0 Å². The van der Waals surface area contributed by atoms with Gasteiger partial charge in [-0.1, -0.05) is 24.3 Å². The number of rotatable bonds is 5. The predicted molar refractivity (Wildman–Crippen MR) is 106 cm³/mol. The molecule has 0 aliphatic rings. The van der Waals surface area contributed by atoms with Crippen LogP contribution in [0.3, 0.4) is 0 Å². The first-order chi connectivity index (χ1) is 14.1. The minimum atomic E-state index is -0.536. The number of fused-ring (bicyclic) bond motifs is 3. The van der Waals surface area contributed by atoms with E-state index in [1.807, 2.05) is 24.3 Å². The van der Waals surface area contributed by atoms with Crippen LogP contribution in [0.2, 0.25) is 0 Å². The van der Waals surface area contributed by atoms with Crippen LogP contribution in [-0.2, 0) is 16.1 Å². The molecule has 146 valence electrons. The van der Waals surface area contributed by atoms with Crippen molar-refractivity contribution in [3.63, 3.8) is 0 Å². The molecule has 0 saturated carbocycles. The fourth-order valence-corrected chi connectivity index (χ4v) is 3.01. The predicted octanol–water partition coefficient (Wildman–Crippen LogP) is 1.86. The summed E-state index contributed by atoms with van der Waals surface area (Å²) in [4.78, 5) is 41.4. The van der Waals surface area contributed by atoms with Crippen LogP contribution in [0.1, 0.15) is 17.3 Å². The van der Waals surface area contributed by atoms with E-state index >= 15 is 0 Å². The molecule has 0 atom stereocenters. The largest absolute Gasteiger partial charge is 0.462 e. The summed E-state index contributed by atoms with van der Waals surface area (Å²) in [5.41, 5.74) is 1.18. The number of hydrogen-bond acceptors (Lipinski definition) is 6. The van der Waals surface area contributed by atoms with Gasteiger partial charge in [0.25, 0.3) is 0 Å². The summed E-state index contributed by atoms with van der Waals surface area (Å²) in [6.45, 7) is 1.61. The minimum Gasteiger partial charge on any atom is -0.462 e. The Morgan fingerprint density at radius 2 is 1.86 bits per heavy atom. The highest BCUT2D eigenvalue weighted by molar-refractivity contribution is 6.01. The van der Waals surface area contributed by atoms with E-state index in [0.717, 1.165) is 4.68 Å². The fourth-order valence-electron chi connectivity index (χ4n) is 3.01. The van der Waals surface area contributed by atoms with Gasteiger partial charge in [0.15, 0.2) is 5.65 Å². The van der Waals surface area contributed by atoms with E-state index in [4.69, 9.17) is 4.74 Å². The van der Waals surface area contributed by atoms with E-state index in [2.05, 4.69) is 15.4 Å². The van der Waals surface area contributed by atoms with Crippen molar-refractivity contribution >= 4 is 34.1 Å². The maximum atomic E-state index is 12.6. The number of ether oxygens (including phenoxy) is 1. The summed E-state index contributed by atoms with van der Waals surface area (Å²) in [6, 6.07) is 13.8. The molecule has 0 spiro atoms. The zero-order chi connectivity index (χ0) is 20.4. The Hall–Kier alpha value is -4.01. The maximum absolute atomic E-state index is 12.6. The van der Waals surface area contributed by atoms with Crippen LogP contribution in [0.5, 0.6) is 0 Å². The standard InChI is InChI=1S/C20H17N5O4/c1-2-29-19(27)14-8-4-6-10-16(14)22-17(26)11-25-20(28)24-12-21-15-9-5-3-7-13(15)18(24)23-25/h3-10,12H,2,11H2,1H3,(H,22,26). The van der Waals surface area contributed by atoms with Crippen LogP contribution in [-0.4, -0.2) is 37.6 Å². The monoisotopic (exact) mass is 391 g/mol. The Bertz CT molecular complexity index is 1290. The number of nitrogens with zero attached hydrogens (tertiary/aromatic N) is 4. The molecule has 0 saturated heterocycles. The van der Waals surface area contributed by atoms with Gasteiger partial charge in [0.1, 0.15) is 12.9 Å². The molecule has 4 rings (SSSR count). The Labute approximate surface area is 164 Å². The summed E-state index contributed by atoms with van der Waals surface area (Å²) in [7, 11) is 0. The number of nitrogens with one attached hydrogen (secondary N) is 1. The number of carbonyl (C=O) groups excluding carboxylic acids is 2. The third kappa shape index (κ3) is 3.45. The van der Waals surface area contributed by atoms with Gasteiger partial charge >= 0.3 is 11.7 Å². The van der Waals surface area contributed by atoms with Gasteiger partial charge in [-0.2, -0.15) is 0 Å². The normalized spacial score (nSPS) is 10.9. The van der Waals surface area contributed by atoms with Crippen molar-refractivity contribution in [1.29, 1.82) is 0 Å². The van der Waals surface area contributed by atoms with Crippen molar-refractivity contribution in [1.82, 2.24) is 19.2 Å². The maximum Gasteiger partial charge on any atom is 0.352 e. The second kappa shape index (κ2) is 7.55. The zero-order valence-corrected chi connectivity index (χ0v) is 15.5. The number of benzene rings is 2. The molecule has 2 heterocycles. The van der Waals surface area contributed by atoms with Gasteiger partial charge in [0.2, 0.25) is 5.91 Å². The second-order valence-electron chi connectivity index (χ2n) is 6.21. The molecule has 2 aromatic heterocycles. The third-order valence-corrected chi connectivity index (χ3v) is 4.32. The number of aromatic nitrogens is 4. The van der Waals surface area contributed by atoms with Crippen molar-refractivity contribution in [3.05, 3.63) is 70.9 Å². The van der Waals surface area contributed by atoms with Gasteiger partial charge in [-0.05, 0) is 31.2 Å². The van der Waals surface area contributed by atoms with E-state index in [0.29, 0.717) is 22.2 Å². The second-order valence-corrected chi connectivity index (χ2v) is 6.21. The smallest absolute Gasteiger partial charge is 0.352 e. The SMILES string of the molecule is CCOC(=O)c1ccccc1NC(=O)Cn1nc2c3ccccc3ncn2c1=O. The van der Waals surface area contributed by atoms with Crippen molar-refractivity contribution in [2.75, 3.05) is 11.9 Å². The highest BCUT2D eigenvalue weighted by Gasteiger charge is 2.16. The molecule has 0 fully saturated rings. The van der Waals surface area contributed by atoms with E-state index in [1.165, 1.54) is 10.7 Å². The molecule has 0 aliphatic heterocycles. The molecule has 4 aromatic rings. The Morgan fingerprint density at radius 3 is 2.69 bits per heavy atom. The van der Waals surface area contributed by atoms with Crippen LogP contribution in [0.25, 0.3) is 16.6 Å². The van der Waals surface area contributed by atoms with E-state index in [-0.39, 0.29) is 18.7 Å². The molecule has 0 aliphatic carbocycles. The number of amides is 1. The van der Waals surface area contributed by atoms with Crippen molar-refractivity contribution in [3.8, 4) is 0 Å². The van der Waals surface area contributed by atoms with Gasteiger partial charge < -0.3 is 10.1 Å². The molecule has 0 bridgehead atoms. The summed E-state index contributed by atoms with van der Waals surface area (Å²) < 4.78 is 7.36. The van der Waals surface area contributed by atoms with Crippen LogP contribution >= 0.6 is 0 Å². The average molecular weight is 391 g/mol. The van der Waals surface area contributed by atoms with Crippen LogP contribution in [0, 0.1) is 0 Å². The molecular weight excluding hydrogens is 374 g/mol. The van der Waals surface area contributed by atoms with Crippen molar-refractivity contribution < 1.29 is 14.3 Å². The number of carbonyl (C=O) groups is 2. The summed E-state index contributed by atoms with van der Waals surface area (Å²) in [5, 5.41) is 7.63. The first-order valence-corrected chi connectivity index (χ1v) is 8.97. The molecular formula is C20H17N5O4. The molecule has 29 heavy (non-hydrogen) atoms. The first-order valence-electron chi connectivity index (χ1n) is 8.97. The van der Waals surface area contributed by atoms with Crippen LogP contribution in [0.15, 0.2) is 59.7 Å². The van der Waals surface area contributed by atoms with Gasteiger partial charge in [-0.3, -0.25) is 4.79 Å². The Balaban J connectivity index is 1.62. The van der Waals surface area contributed by atoms with E-state index in [1.54, 1.807) is 31.2 Å². The molecule has 0 radical (unpaired) electrons. The molecule has 0 unspecified atom stereocenters. The number of hydrogen-bond donors (Lipinski definition) is 1. The van der Waals surface area contributed by atoms with Crippen LogP contribution < -0.4 is 11.0 Å². The lowest BCUT2D eigenvalue weighted by molar-refractivity contribution is -0.117. The third-order valence-electron chi connectivity index (χ3n) is 4.32. The van der Waals surface area contributed by atoms with Gasteiger partial charge in [-0.15, -0.1) is 5.10 Å². The number of para-hydroxylation sites is 2. The van der Waals surface area contributed by atoms with Gasteiger partial charge in [-0.25, -0.2) is 23.7 Å². The van der Waals surface area contributed by atoms with Gasteiger partial charge in [0, 0.05) is 5.39 Å². The van der Waals surface area contributed by atoms with Gasteiger partial charge in [0.05, 0.1) is 23.4 Å². The Morgan fingerprint density at radius 1 is 1.10 bits per heavy atom. The highest BCUT2D eigenvalue weighted by atomic mass is 16.5. The number of anilines is 1. The average Bonchev–Trinajstić information content (AvgIpc) is 3.04. The quantitative estimate of drug-likeness (QED) is 0.520. The highest BCUT2D eigenvalue weighted by Crippen LogP contribution is 2.17. The van der Waals surface area contributed by atoms with E-state index in [9.17, 15) is 14.4 Å². The van der Waals surface area contributed by atoms with Crippen LogP contribution in [0.4, 0.5) is 5.69 Å². The summed E-state index contributed by atoms with van der Waals surface area (Å²) in [5.74, 6) is -1.03. The molecule has 9 nitrogen and oxygen atoms in total. The lowest BCUT2D eigenvalue weighted by Gasteiger charge is -2.10. The molecule has 1 N–H and O–H groups in total. The van der Waals surface area contributed by atoms with E-state index < -0.39 is 17.6 Å². The minimum absolute atomic E-state index is 0.222. The topological polar surface area (TPSA) is 108 Å². The molecule has 2 aromatic carbocycles. The summed E-state index contributed by atoms with van der Waals surface area (Å²) >= 11 is 0. The lowest BCUT2D eigenvalue weighted by Crippen LogP contribution is -2.28. The fraction of sp³-hybridized carbons (Fsp3) is 0.150. The first kappa shape index (κ1) is 18.4. The molecule has 1 amide bonds. The van der Waals surface area contributed by atoms with Crippen molar-refractivity contribution in [2.45, 2.75) is 13.5 Å². The summed E-state index contributed by atoms with van der Waals surface area (Å²) in [6.07, 6.45) is 1.39. The lowest BCUT2D eigenvalue weighted by atomic mass is 10.2. The molecule has 9 heteroatoms.